The number of halogens is 1. The number of amides is 3. The minimum atomic E-state index is -0.533. The summed E-state index contributed by atoms with van der Waals surface area (Å²) < 4.78 is 13.2. The van der Waals surface area contributed by atoms with E-state index >= 15 is 0 Å². The third kappa shape index (κ3) is 6.68. The summed E-state index contributed by atoms with van der Waals surface area (Å²) in [6, 6.07) is 4.60. The number of thiocarbonyl (C=S) groups is 1. The maximum absolute atomic E-state index is 13.2. The van der Waals surface area contributed by atoms with Gasteiger partial charge in [0.1, 0.15) is 5.82 Å². The van der Waals surface area contributed by atoms with Crippen molar-refractivity contribution in [3.63, 3.8) is 0 Å². The molecular weight excluding hydrogens is 515 g/mol. The highest BCUT2D eigenvalue weighted by molar-refractivity contribution is 7.82. The minimum Gasteiger partial charge on any atom is -0.367 e. The number of carbonyl (C=O) groups is 3. The van der Waals surface area contributed by atoms with Gasteiger partial charge in [0.25, 0.3) is 11.8 Å². The molecule has 2 aromatic rings. The number of fused-ring (bicyclic) bond motifs is 1. The van der Waals surface area contributed by atoms with Crippen LogP contribution < -0.4 is 16.0 Å². The molecule has 198 valence electrons. The van der Waals surface area contributed by atoms with E-state index in [2.05, 4.69) is 25.8 Å². The summed E-state index contributed by atoms with van der Waals surface area (Å²) in [6.07, 6.45) is 2.36. The van der Waals surface area contributed by atoms with Gasteiger partial charge in [-0.25, -0.2) is 9.37 Å². The number of benzene rings is 1. The highest BCUT2D eigenvalue weighted by Gasteiger charge is 2.37. The van der Waals surface area contributed by atoms with Crippen LogP contribution in [0.5, 0.6) is 0 Å². The first kappa shape index (κ1) is 27.1. The van der Waals surface area contributed by atoms with E-state index in [0.717, 1.165) is 30.1 Å². The van der Waals surface area contributed by atoms with E-state index in [9.17, 15) is 18.8 Å². The minimum absolute atomic E-state index is 0.00192. The van der Waals surface area contributed by atoms with E-state index in [1.165, 1.54) is 35.6 Å². The second-order valence-electron chi connectivity index (χ2n) is 9.74. The van der Waals surface area contributed by atoms with Crippen LogP contribution in [0.3, 0.4) is 0 Å². The predicted octanol–water partition coefficient (Wildman–Crippen LogP) is 2.18. The zero-order valence-corrected chi connectivity index (χ0v) is 22.7. The van der Waals surface area contributed by atoms with E-state index in [-0.39, 0.29) is 28.8 Å². The smallest absolute Gasteiger partial charge is 0.283 e. The Morgan fingerprint density at radius 2 is 1.86 bits per heavy atom. The SMILES string of the molecule is CN1CCc2nc(C(=O)NC3CC(C(=O)N(C)C)CCC3NC(=S)C(=O)Nc3ccc(F)cc3)sc2C1. The van der Waals surface area contributed by atoms with Gasteiger partial charge in [-0.3, -0.25) is 14.4 Å². The molecule has 2 aliphatic rings. The van der Waals surface area contributed by atoms with Crippen molar-refractivity contribution in [3.8, 4) is 0 Å². The molecule has 3 atom stereocenters. The van der Waals surface area contributed by atoms with Gasteiger partial charge in [0, 0.05) is 56.1 Å². The number of nitrogens with zero attached hydrogens (tertiary/aromatic N) is 3. The van der Waals surface area contributed by atoms with Crippen LogP contribution in [0.2, 0.25) is 0 Å². The van der Waals surface area contributed by atoms with Crippen LogP contribution in [0.4, 0.5) is 10.1 Å². The molecule has 1 aromatic heterocycles. The molecule has 37 heavy (non-hydrogen) atoms. The fourth-order valence-corrected chi connectivity index (χ4v) is 5.99. The fraction of sp³-hybridized carbons (Fsp3) is 0.480. The average Bonchev–Trinajstić information content (AvgIpc) is 3.29. The maximum atomic E-state index is 13.2. The van der Waals surface area contributed by atoms with Gasteiger partial charge < -0.3 is 25.8 Å². The molecule has 4 rings (SSSR count). The van der Waals surface area contributed by atoms with Crippen molar-refractivity contribution in [2.24, 2.45) is 5.92 Å². The topological polar surface area (TPSA) is 107 Å². The van der Waals surface area contributed by atoms with Crippen molar-refractivity contribution in [2.45, 2.75) is 44.3 Å². The van der Waals surface area contributed by atoms with E-state index in [4.69, 9.17) is 12.2 Å². The number of hydrogen-bond donors (Lipinski definition) is 3. The van der Waals surface area contributed by atoms with E-state index < -0.39 is 17.8 Å². The summed E-state index contributed by atoms with van der Waals surface area (Å²) in [7, 11) is 5.47. The standard InChI is InChI=1S/C25H31FN6O3S2/c1-31(2)25(35)14-4-9-17(29-23(36)21(33)27-16-7-5-15(26)6-8-16)19(12-14)28-22(34)24-30-18-10-11-32(3)13-20(18)37-24/h5-8,14,17,19H,4,9-13H2,1-3H3,(H,27,33)(H,28,34)(H,29,36). The van der Waals surface area contributed by atoms with Crippen LogP contribution in [-0.2, 0) is 22.6 Å². The molecule has 3 N–H and O–H groups in total. The van der Waals surface area contributed by atoms with Crippen LogP contribution in [0.1, 0.15) is 39.6 Å². The normalized spacial score (nSPS) is 21.5. The summed E-state index contributed by atoms with van der Waals surface area (Å²) >= 11 is 6.73. The lowest BCUT2D eigenvalue weighted by molar-refractivity contribution is -0.134. The highest BCUT2D eigenvalue weighted by atomic mass is 32.1. The van der Waals surface area contributed by atoms with E-state index in [1.54, 1.807) is 19.0 Å². The predicted molar refractivity (Wildman–Crippen MR) is 144 cm³/mol. The molecule has 0 saturated heterocycles. The number of hydrogen-bond acceptors (Lipinski definition) is 7. The first-order chi connectivity index (χ1) is 17.6. The first-order valence-corrected chi connectivity index (χ1v) is 13.4. The molecule has 0 spiro atoms. The number of aromatic nitrogens is 1. The van der Waals surface area contributed by atoms with Crippen LogP contribution >= 0.6 is 23.6 Å². The Balaban J connectivity index is 1.45. The second kappa shape index (κ2) is 11.6. The van der Waals surface area contributed by atoms with Crippen molar-refractivity contribution in [3.05, 3.63) is 45.7 Å². The van der Waals surface area contributed by atoms with Gasteiger partial charge in [-0.1, -0.05) is 12.2 Å². The lowest BCUT2D eigenvalue weighted by Crippen LogP contribution is -2.56. The molecule has 3 amide bonds. The van der Waals surface area contributed by atoms with E-state index in [1.807, 2.05) is 7.05 Å². The van der Waals surface area contributed by atoms with Gasteiger partial charge in [0.2, 0.25) is 5.91 Å². The number of anilines is 1. The van der Waals surface area contributed by atoms with Crippen molar-refractivity contribution < 1.29 is 18.8 Å². The van der Waals surface area contributed by atoms with Gasteiger partial charge in [-0.05, 0) is 50.6 Å². The highest BCUT2D eigenvalue weighted by Crippen LogP contribution is 2.28. The van der Waals surface area contributed by atoms with Crippen LogP contribution in [-0.4, -0.2) is 77.3 Å². The number of rotatable bonds is 5. The van der Waals surface area contributed by atoms with Crippen LogP contribution in [0.15, 0.2) is 24.3 Å². The van der Waals surface area contributed by atoms with Crippen LogP contribution in [0, 0.1) is 11.7 Å². The Morgan fingerprint density at radius 3 is 2.57 bits per heavy atom. The summed E-state index contributed by atoms with van der Waals surface area (Å²) in [5.41, 5.74) is 1.38. The van der Waals surface area contributed by atoms with Gasteiger partial charge in [0.15, 0.2) is 10.00 Å². The van der Waals surface area contributed by atoms with E-state index in [0.29, 0.717) is 30.0 Å². The Morgan fingerprint density at radius 1 is 1.14 bits per heavy atom. The molecule has 1 aromatic carbocycles. The molecule has 2 heterocycles. The number of thiazole rings is 1. The first-order valence-electron chi connectivity index (χ1n) is 12.2. The molecular formula is C25H31FN6O3S2. The third-order valence-electron chi connectivity index (χ3n) is 6.70. The lowest BCUT2D eigenvalue weighted by Gasteiger charge is -2.37. The summed E-state index contributed by atoms with van der Waals surface area (Å²) in [5.74, 6) is -1.48. The summed E-state index contributed by atoms with van der Waals surface area (Å²) in [6.45, 7) is 1.67. The number of likely N-dealkylation sites (N-methyl/N-ethyl adjacent to an activating group) is 1. The van der Waals surface area contributed by atoms with Gasteiger partial charge in [-0.2, -0.15) is 0 Å². The van der Waals surface area contributed by atoms with Gasteiger partial charge in [0.05, 0.1) is 11.7 Å². The molecule has 0 radical (unpaired) electrons. The molecule has 1 aliphatic carbocycles. The molecule has 12 heteroatoms. The molecule has 1 aliphatic heterocycles. The Labute approximate surface area is 224 Å². The number of nitrogens with one attached hydrogen (secondary N) is 3. The van der Waals surface area contributed by atoms with Crippen molar-refractivity contribution in [2.75, 3.05) is 33.0 Å². The summed E-state index contributed by atoms with van der Waals surface area (Å²) in [4.78, 5) is 47.9. The zero-order valence-electron chi connectivity index (χ0n) is 21.0. The zero-order chi connectivity index (χ0) is 26.7. The van der Waals surface area contributed by atoms with Gasteiger partial charge in [-0.15, -0.1) is 11.3 Å². The molecule has 1 saturated carbocycles. The third-order valence-corrected chi connectivity index (χ3v) is 8.08. The molecule has 9 nitrogen and oxygen atoms in total. The van der Waals surface area contributed by atoms with Crippen molar-refractivity contribution >= 4 is 52.0 Å². The Bertz CT molecular complexity index is 1190. The monoisotopic (exact) mass is 546 g/mol. The Kier molecular flexibility index (Phi) is 8.50. The van der Waals surface area contributed by atoms with Gasteiger partial charge >= 0.3 is 0 Å². The average molecular weight is 547 g/mol. The number of carbonyl (C=O) groups excluding carboxylic acids is 3. The fourth-order valence-electron chi connectivity index (χ4n) is 4.70. The van der Waals surface area contributed by atoms with Crippen molar-refractivity contribution in [1.29, 1.82) is 0 Å². The van der Waals surface area contributed by atoms with Crippen LogP contribution in [0.25, 0.3) is 0 Å². The molecule has 0 bridgehead atoms. The molecule has 1 fully saturated rings. The lowest BCUT2D eigenvalue weighted by atomic mass is 9.81. The quantitative estimate of drug-likeness (QED) is 0.494. The largest absolute Gasteiger partial charge is 0.367 e. The molecule has 3 unspecified atom stereocenters. The Hall–Kier alpha value is -2.96. The summed E-state index contributed by atoms with van der Waals surface area (Å²) in [5, 5.41) is 9.18. The van der Waals surface area contributed by atoms with Crippen molar-refractivity contribution in [1.82, 2.24) is 25.4 Å². The maximum Gasteiger partial charge on any atom is 0.283 e. The second-order valence-corrected chi connectivity index (χ2v) is 11.2.